The number of nitrogens with zero attached hydrogens (tertiary/aromatic N) is 3. The third-order valence-electron chi connectivity index (χ3n) is 2.14. The van der Waals surface area contributed by atoms with E-state index in [1.54, 1.807) is 30.5 Å². The van der Waals surface area contributed by atoms with Crippen LogP contribution in [0.3, 0.4) is 0 Å². The first-order valence-electron chi connectivity index (χ1n) is 4.54. The molecule has 3 rings (SSSR count). The summed E-state index contributed by atoms with van der Waals surface area (Å²) in [6.07, 6.45) is 1.71. The molecule has 0 amide bonds. The van der Waals surface area contributed by atoms with Crippen LogP contribution in [0.5, 0.6) is 5.75 Å². The first kappa shape index (κ1) is 9.41. The van der Waals surface area contributed by atoms with Gasteiger partial charge in [0.15, 0.2) is 21.8 Å². The highest BCUT2D eigenvalue weighted by molar-refractivity contribution is 9.10. The number of hydrogen-bond donors (Lipinski definition) is 1. The summed E-state index contributed by atoms with van der Waals surface area (Å²) >= 11 is 3.21. The minimum Gasteiger partial charge on any atom is -0.504 e. The largest absolute Gasteiger partial charge is 0.504 e. The Hall–Kier alpha value is -1.82. The molecule has 0 aliphatic rings. The molecule has 6 heteroatoms. The van der Waals surface area contributed by atoms with Gasteiger partial charge < -0.3 is 9.52 Å². The van der Waals surface area contributed by atoms with Crippen LogP contribution in [0.4, 0.5) is 0 Å². The van der Waals surface area contributed by atoms with Gasteiger partial charge >= 0.3 is 0 Å². The lowest BCUT2D eigenvalue weighted by Crippen LogP contribution is -1.85. The Morgan fingerprint density at radius 2 is 2.19 bits per heavy atom. The van der Waals surface area contributed by atoms with Crippen molar-refractivity contribution < 1.29 is 9.52 Å². The molecule has 1 N–H and O–H groups in total. The summed E-state index contributed by atoms with van der Waals surface area (Å²) < 4.78 is 7.45. The normalized spacial score (nSPS) is 11.1. The van der Waals surface area contributed by atoms with Gasteiger partial charge in [-0.25, -0.2) is 9.50 Å². The zero-order chi connectivity index (χ0) is 11.1. The summed E-state index contributed by atoms with van der Waals surface area (Å²) in [4.78, 5) is 4.18. The van der Waals surface area contributed by atoms with Crippen LogP contribution >= 0.6 is 15.9 Å². The fourth-order valence-corrected chi connectivity index (χ4v) is 1.74. The first-order valence-corrected chi connectivity index (χ1v) is 5.33. The highest BCUT2D eigenvalue weighted by Crippen LogP contribution is 2.24. The number of rotatable bonds is 1. The zero-order valence-electron chi connectivity index (χ0n) is 7.96. The van der Waals surface area contributed by atoms with Crippen molar-refractivity contribution in [2.24, 2.45) is 0 Å². The molecule has 0 aliphatic carbocycles. The molecular formula is C10H6BrN3O2. The number of furan rings is 1. The van der Waals surface area contributed by atoms with Crippen molar-refractivity contribution in [2.75, 3.05) is 0 Å². The van der Waals surface area contributed by atoms with Crippen molar-refractivity contribution in [1.29, 1.82) is 0 Å². The molecule has 0 aliphatic heterocycles. The number of halogens is 1. The lowest BCUT2D eigenvalue weighted by molar-refractivity contribution is 0.477. The van der Waals surface area contributed by atoms with Crippen molar-refractivity contribution in [3.8, 4) is 17.3 Å². The van der Waals surface area contributed by atoms with Crippen LogP contribution in [0.15, 0.2) is 39.5 Å². The number of hydrogen-bond acceptors (Lipinski definition) is 4. The SMILES string of the molecule is Oc1cccn2nc(-c3ccc(Br)o3)nc12. The smallest absolute Gasteiger partial charge is 0.218 e. The average molecular weight is 280 g/mol. The minimum atomic E-state index is 0.0897. The first-order chi connectivity index (χ1) is 7.74. The third kappa shape index (κ3) is 1.38. The molecule has 0 radical (unpaired) electrons. The molecule has 16 heavy (non-hydrogen) atoms. The van der Waals surface area contributed by atoms with Crippen molar-refractivity contribution in [3.05, 3.63) is 35.1 Å². The summed E-state index contributed by atoms with van der Waals surface area (Å²) in [5.74, 6) is 1.08. The van der Waals surface area contributed by atoms with Gasteiger partial charge in [-0.3, -0.25) is 0 Å². The predicted molar refractivity (Wildman–Crippen MR) is 60.1 cm³/mol. The number of aromatic nitrogens is 3. The summed E-state index contributed by atoms with van der Waals surface area (Å²) in [5, 5.41) is 13.8. The molecule has 0 fully saturated rings. The van der Waals surface area contributed by atoms with E-state index in [1.807, 2.05) is 0 Å². The van der Waals surface area contributed by atoms with Crippen LogP contribution in [-0.2, 0) is 0 Å². The molecule has 0 bridgehead atoms. The van der Waals surface area contributed by atoms with Gasteiger partial charge in [-0.15, -0.1) is 5.10 Å². The van der Waals surface area contributed by atoms with E-state index in [9.17, 15) is 5.11 Å². The topological polar surface area (TPSA) is 63.6 Å². The summed E-state index contributed by atoms with van der Waals surface area (Å²) in [5.41, 5.74) is 0.407. The molecule has 0 atom stereocenters. The van der Waals surface area contributed by atoms with E-state index in [1.165, 1.54) is 4.52 Å². The van der Waals surface area contributed by atoms with Gasteiger partial charge in [-0.2, -0.15) is 0 Å². The number of pyridine rings is 1. The number of fused-ring (bicyclic) bond motifs is 1. The molecule has 0 spiro atoms. The van der Waals surface area contributed by atoms with Crippen LogP contribution in [0.2, 0.25) is 0 Å². The zero-order valence-corrected chi connectivity index (χ0v) is 9.55. The molecule has 80 valence electrons. The highest BCUT2D eigenvalue weighted by Gasteiger charge is 2.11. The average Bonchev–Trinajstić information content (AvgIpc) is 2.84. The van der Waals surface area contributed by atoms with Crippen molar-refractivity contribution >= 4 is 21.6 Å². The third-order valence-corrected chi connectivity index (χ3v) is 2.56. The molecule has 0 saturated carbocycles. The molecule has 0 aromatic carbocycles. The quantitative estimate of drug-likeness (QED) is 0.743. The van der Waals surface area contributed by atoms with Gasteiger partial charge in [-0.05, 0) is 40.2 Å². The summed E-state index contributed by atoms with van der Waals surface area (Å²) in [6, 6.07) is 6.78. The second-order valence-electron chi connectivity index (χ2n) is 3.20. The van der Waals surface area contributed by atoms with Crippen LogP contribution in [0, 0.1) is 0 Å². The van der Waals surface area contributed by atoms with Crippen molar-refractivity contribution in [2.45, 2.75) is 0 Å². The van der Waals surface area contributed by atoms with E-state index >= 15 is 0 Å². The van der Waals surface area contributed by atoms with E-state index in [0.29, 0.717) is 21.9 Å². The number of aromatic hydroxyl groups is 1. The molecule has 0 unspecified atom stereocenters. The predicted octanol–water partition coefficient (Wildman–Crippen LogP) is 2.46. The second kappa shape index (κ2) is 3.34. The minimum absolute atomic E-state index is 0.0897. The van der Waals surface area contributed by atoms with Gasteiger partial charge in [0, 0.05) is 6.20 Å². The maximum Gasteiger partial charge on any atom is 0.218 e. The standard InChI is InChI=1S/C10H6BrN3O2/c11-8-4-3-7(16-8)9-12-10-6(15)2-1-5-14(10)13-9/h1-5,15H. The lowest BCUT2D eigenvalue weighted by atomic mass is 10.4. The van der Waals surface area contributed by atoms with Gasteiger partial charge in [0.05, 0.1) is 0 Å². The Kier molecular flexibility index (Phi) is 1.97. The van der Waals surface area contributed by atoms with Gasteiger partial charge in [-0.1, -0.05) is 0 Å². The summed E-state index contributed by atoms with van der Waals surface area (Å²) in [6.45, 7) is 0. The van der Waals surface area contributed by atoms with Crippen LogP contribution in [0.1, 0.15) is 0 Å². The van der Waals surface area contributed by atoms with Gasteiger partial charge in [0.25, 0.3) is 0 Å². The highest BCUT2D eigenvalue weighted by atomic mass is 79.9. The Labute approximate surface area is 98.5 Å². The van der Waals surface area contributed by atoms with Gasteiger partial charge in [0.2, 0.25) is 5.82 Å². The Morgan fingerprint density at radius 3 is 2.88 bits per heavy atom. The Bertz CT molecular complexity index is 659. The fourth-order valence-electron chi connectivity index (χ4n) is 1.43. The van der Waals surface area contributed by atoms with E-state index in [-0.39, 0.29) is 5.75 Å². The molecule has 3 aromatic heterocycles. The van der Waals surface area contributed by atoms with Crippen LogP contribution < -0.4 is 0 Å². The van der Waals surface area contributed by atoms with E-state index in [0.717, 1.165) is 0 Å². The Balaban J connectivity index is 2.22. The Morgan fingerprint density at radius 1 is 1.31 bits per heavy atom. The summed E-state index contributed by atoms with van der Waals surface area (Å²) in [7, 11) is 0. The monoisotopic (exact) mass is 279 g/mol. The van der Waals surface area contributed by atoms with Crippen LogP contribution in [0.25, 0.3) is 17.2 Å². The van der Waals surface area contributed by atoms with Crippen LogP contribution in [-0.4, -0.2) is 19.7 Å². The molecule has 0 saturated heterocycles. The van der Waals surface area contributed by atoms with Crippen molar-refractivity contribution in [3.63, 3.8) is 0 Å². The van der Waals surface area contributed by atoms with E-state index in [2.05, 4.69) is 26.0 Å². The molecule has 5 nitrogen and oxygen atoms in total. The molecule has 3 heterocycles. The van der Waals surface area contributed by atoms with E-state index < -0.39 is 0 Å². The molecular weight excluding hydrogens is 274 g/mol. The maximum atomic E-state index is 9.57. The molecule has 3 aromatic rings. The second-order valence-corrected chi connectivity index (χ2v) is 3.98. The maximum absolute atomic E-state index is 9.57. The fraction of sp³-hybridized carbons (Fsp3) is 0. The van der Waals surface area contributed by atoms with Crippen molar-refractivity contribution in [1.82, 2.24) is 14.6 Å². The van der Waals surface area contributed by atoms with E-state index in [4.69, 9.17) is 4.42 Å². The van der Waals surface area contributed by atoms with Gasteiger partial charge in [0.1, 0.15) is 0 Å². The lowest BCUT2D eigenvalue weighted by Gasteiger charge is -1.91.